The first-order valence-electron chi connectivity index (χ1n) is 6.28. The monoisotopic (exact) mass is 288 g/mol. The van der Waals surface area contributed by atoms with Crippen molar-refractivity contribution in [2.75, 3.05) is 11.5 Å². The van der Waals surface area contributed by atoms with Crippen LogP contribution in [0.2, 0.25) is 0 Å². The maximum atomic E-state index is 11.6. The quantitative estimate of drug-likeness (QED) is 0.924. The van der Waals surface area contributed by atoms with Crippen molar-refractivity contribution in [3.8, 4) is 0 Å². The third-order valence-corrected chi connectivity index (χ3v) is 6.36. The zero-order valence-electron chi connectivity index (χ0n) is 11.1. The molecule has 2 rings (SSSR count). The SMILES string of the molecule is Cc1nc(C)c(C(C)NC2CCCS(=O)(=O)C2)s1. The van der Waals surface area contributed by atoms with E-state index in [1.165, 1.54) is 4.88 Å². The fourth-order valence-corrected chi connectivity index (χ4v) is 5.12. The predicted octanol–water partition coefficient (Wildman–Crippen LogP) is 1.99. The van der Waals surface area contributed by atoms with E-state index in [0.717, 1.165) is 23.5 Å². The Balaban J connectivity index is 2.03. The first-order valence-corrected chi connectivity index (χ1v) is 8.91. The molecule has 1 fully saturated rings. The highest BCUT2D eigenvalue weighted by atomic mass is 32.2. The van der Waals surface area contributed by atoms with Crippen LogP contribution < -0.4 is 5.32 Å². The topological polar surface area (TPSA) is 59.1 Å². The molecule has 18 heavy (non-hydrogen) atoms. The zero-order valence-corrected chi connectivity index (χ0v) is 12.7. The van der Waals surface area contributed by atoms with Crippen molar-refractivity contribution in [2.45, 2.75) is 45.7 Å². The fourth-order valence-electron chi connectivity index (χ4n) is 2.53. The molecule has 0 bridgehead atoms. The molecule has 1 saturated heterocycles. The largest absolute Gasteiger partial charge is 0.306 e. The minimum atomic E-state index is -2.84. The van der Waals surface area contributed by atoms with Gasteiger partial charge in [0.25, 0.3) is 0 Å². The molecular weight excluding hydrogens is 268 g/mol. The number of nitrogens with zero attached hydrogens (tertiary/aromatic N) is 1. The molecule has 0 radical (unpaired) electrons. The average molecular weight is 288 g/mol. The summed E-state index contributed by atoms with van der Waals surface area (Å²) in [5, 5.41) is 4.50. The Kier molecular flexibility index (Phi) is 4.08. The van der Waals surface area contributed by atoms with Crippen LogP contribution in [0.5, 0.6) is 0 Å². The molecule has 102 valence electrons. The van der Waals surface area contributed by atoms with Gasteiger partial charge >= 0.3 is 0 Å². The van der Waals surface area contributed by atoms with Crippen LogP contribution in [-0.4, -0.2) is 30.9 Å². The molecule has 1 aliphatic rings. The van der Waals surface area contributed by atoms with Crippen LogP contribution >= 0.6 is 11.3 Å². The van der Waals surface area contributed by atoms with Gasteiger partial charge in [-0.3, -0.25) is 0 Å². The Morgan fingerprint density at radius 2 is 2.17 bits per heavy atom. The lowest BCUT2D eigenvalue weighted by Crippen LogP contribution is -2.41. The highest BCUT2D eigenvalue weighted by molar-refractivity contribution is 7.91. The molecule has 2 unspecified atom stereocenters. The lowest BCUT2D eigenvalue weighted by molar-refractivity contribution is 0.439. The van der Waals surface area contributed by atoms with Gasteiger partial charge in [0.05, 0.1) is 22.2 Å². The molecular formula is C12H20N2O2S2. The van der Waals surface area contributed by atoms with Crippen molar-refractivity contribution in [2.24, 2.45) is 0 Å². The van der Waals surface area contributed by atoms with E-state index in [-0.39, 0.29) is 17.8 Å². The smallest absolute Gasteiger partial charge is 0.151 e. The maximum absolute atomic E-state index is 11.6. The highest BCUT2D eigenvalue weighted by Crippen LogP contribution is 2.26. The van der Waals surface area contributed by atoms with Crippen LogP contribution in [0.3, 0.4) is 0 Å². The van der Waals surface area contributed by atoms with E-state index in [2.05, 4.69) is 17.2 Å². The Labute approximate surface area is 113 Å². The zero-order chi connectivity index (χ0) is 13.3. The molecule has 0 amide bonds. The molecule has 4 nitrogen and oxygen atoms in total. The van der Waals surface area contributed by atoms with Crippen molar-refractivity contribution in [1.29, 1.82) is 0 Å². The highest BCUT2D eigenvalue weighted by Gasteiger charge is 2.26. The summed E-state index contributed by atoms with van der Waals surface area (Å²) in [7, 11) is -2.84. The molecule has 0 saturated carbocycles. The maximum Gasteiger partial charge on any atom is 0.151 e. The number of thiazole rings is 1. The number of hydrogen-bond donors (Lipinski definition) is 1. The van der Waals surface area contributed by atoms with E-state index in [4.69, 9.17) is 0 Å². The van der Waals surface area contributed by atoms with Gasteiger partial charge in [-0.25, -0.2) is 13.4 Å². The van der Waals surface area contributed by atoms with Crippen LogP contribution in [0, 0.1) is 13.8 Å². The van der Waals surface area contributed by atoms with Crippen molar-refractivity contribution in [3.05, 3.63) is 15.6 Å². The Morgan fingerprint density at radius 1 is 1.44 bits per heavy atom. The summed E-state index contributed by atoms with van der Waals surface area (Å²) < 4.78 is 23.2. The van der Waals surface area contributed by atoms with Gasteiger partial charge < -0.3 is 5.32 Å². The second kappa shape index (κ2) is 5.27. The van der Waals surface area contributed by atoms with E-state index in [1.807, 2.05) is 13.8 Å². The van der Waals surface area contributed by atoms with Crippen LogP contribution in [0.1, 0.15) is 41.4 Å². The number of sulfone groups is 1. The molecule has 1 N–H and O–H groups in total. The third kappa shape index (κ3) is 3.30. The lowest BCUT2D eigenvalue weighted by atomic mass is 10.1. The Morgan fingerprint density at radius 3 is 2.72 bits per heavy atom. The van der Waals surface area contributed by atoms with Gasteiger partial charge in [0.1, 0.15) is 0 Å². The first kappa shape index (κ1) is 14.0. The number of aromatic nitrogens is 1. The van der Waals surface area contributed by atoms with Gasteiger partial charge in [-0.05, 0) is 33.6 Å². The van der Waals surface area contributed by atoms with Crippen molar-refractivity contribution >= 4 is 21.2 Å². The van der Waals surface area contributed by atoms with Gasteiger partial charge in [-0.15, -0.1) is 11.3 Å². The second-order valence-corrected chi connectivity index (χ2v) is 8.49. The first-order chi connectivity index (χ1) is 8.37. The van der Waals surface area contributed by atoms with Crippen molar-refractivity contribution in [1.82, 2.24) is 10.3 Å². The standard InChI is InChI=1S/C12H20N2O2S2/c1-8-12(17-10(3)13-8)9(2)14-11-5-4-6-18(15,16)7-11/h9,11,14H,4-7H2,1-3H3. The second-order valence-electron chi connectivity index (χ2n) is 5.02. The van der Waals surface area contributed by atoms with E-state index in [9.17, 15) is 8.42 Å². The molecule has 1 aromatic rings. The van der Waals surface area contributed by atoms with Crippen LogP contribution in [0.25, 0.3) is 0 Å². The molecule has 1 aliphatic heterocycles. The van der Waals surface area contributed by atoms with E-state index < -0.39 is 9.84 Å². The summed E-state index contributed by atoms with van der Waals surface area (Å²) in [6, 6.07) is 0.259. The summed E-state index contributed by atoms with van der Waals surface area (Å²) >= 11 is 1.69. The fraction of sp³-hybridized carbons (Fsp3) is 0.750. The van der Waals surface area contributed by atoms with Crippen LogP contribution in [0.15, 0.2) is 0 Å². The van der Waals surface area contributed by atoms with Crippen molar-refractivity contribution < 1.29 is 8.42 Å². The molecule has 2 atom stereocenters. The third-order valence-electron chi connectivity index (χ3n) is 3.28. The number of rotatable bonds is 3. The van der Waals surface area contributed by atoms with Gasteiger partial charge in [0.2, 0.25) is 0 Å². The summed E-state index contributed by atoms with van der Waals surface area (Å²) in [6.45, 7) is 6.09. The Bertz CT molecular complexity index is 522. The molecule has 0 aromatic carbocycles. The van der Waals surface area contributed by atoms with Crippen LogP contribution in [-0.2, 0) is 9.84 Å². The number of hydrogen-bond acceptors (Lipinski definition) is 5. The van der Waals surface area contributed by atoms with E-state index >= 15 is 0 Å². The van der Waals surface area contributed by atoms with E-state index in [0.29, 0.717) is 5.75 Å². The average Bonchev–Trinajstić information content (AvgIpc) is 2.56. The molecule has 6 heteroatoms. The summed E-state index contributed by atoms with van der Waals surface area (Å²) in [4.78, 5) is 5.63. The summed E-state index contributed by atoms with van der Waals surface area (Å²) in [5.41, 5.74) is 1.05. The normalized spacial score (nSPS) is 24.9. The van der Waals surface area contributed by atoms with Gasteiger partial charge in [0, 0.05) is 17.0 Å². The molecule has 0 aliphatic carbocycles. The van der Waals surface area contributed by atoms with Gasteiger partial charge in [0.15, 0.2) is 9.84 Å². The lowest BCUT2D eigenvalue weighted by Gasteiger charge is -2.26. The predicted molar refractivity (Wildman–Crippen MR) is 74.8 cm³/mol. The molecule has 0 spiro atoms. The molecule has 1 aromatic heterocycles. The minimum absolute atomic E-state index is 0.0838. The number of nitrogens with one attached hydrogen (secondary N) is 1. The van der Waals surface area contributed by atoms with Crippen LogP contribution in [0.4, 0.5) is 0 Å². The van der Waals surface area contributed by atoms with Gasteiger partial charge in [-0.2, -0.15) is 0 Å². The Hall–Kier alpha value is -0.460. The number of aryl methyl sites for hydroxylation is 2. The minimum Gasteiger partial charge on any atom is -0.306 e. The summed E-state index contributed by atoms with van der Waals surface area (Å²) in [5.74, 6) is 0.617. The van der Waals surface area contributed by atoms with Crippen molar-refractivity contribution in [3.63, 3.8) is 0 Å². The van der Waals surface area contributed by atoms with Gasteiger partial charge in [-0.1, -0.05) is 0 Å². The molecule has 2 heterocycles. The summed E-state index contributed by atoms with van der Waals surface area (Å²) in [6.07, 6.45) is 1.72. The van der Waals surface area contributed by atoms with E-state index in [1.54, 1.807) is 11.3 Å².